The fourth-order valence-corrected chi connectivity index (χ4v) is 3.55. The summed E-state index contributed by atoms with van der Waals surface area (Å²) in [5.41, 5.74) is 2.55. The number of pyridine rings is 1. The average Bonchev–Trinajstić information content (AvgIpc) is 2.67. The number of hydrogen-bond acceptors (Lipinski definition) is 4. The number of rotatable bonds is 5. The molecule has 27 heavy (non-hydrogen) atoms. The summed E-state index contributed by atoms with van der Waals surface area (Å²) in [4.78, 5) is 16.8. The van der Waals surface area contributed by atoms with Crippen molar-refractivity contribution in [1.82, 2.24) is 10.3 Å². The molecule has 1 aliphatic carbocycles. The summed E-state index contributed by atoms with van der Waals surface area (Å²) >= 11 is 5.75. The maximum absolute atomic E-state index is 13.2. The molecule has 2 aromatic rings. The van der Waals surface area contributed by atoms with Gasteiger partial charge in [-0.3, -0.25) is 4.79 Å². The molecule has 144 valence electrons. The predicted octanol–water partition coefficient (Wildman–Crippen LogP) is 4.38. The van der Waals surface area contributed by atoms with Gasteiger partial charge in [-0.25, -0.2) is 9.37 Å². The van der Waals surface area contributed by atoms with E-state index in [1.165, 1.54) is 18.2 Å². The molecule has 0 aliphatic heterocycles. The van der Waals surface area contributed by atoms with Gasteiger partial charge >= 0.3 is 0 Å². The number of nitrogens with one attached hydrogen (secondary N) is 3. The molecule has 1 aromatic heterocycles. The molecule has 0 unspecified atom stereocenters. The van der Waals surface area contributed by atoms with Crippen LogP contribution in [0.15, 0.2) is 30.5 Å². The molecule has 1 heterocycles. The van der Waals surface area contributed by atoms with Crippen LogP contribution >= 0.6 is 11.6 Å². The van der Waals surface area contributed by atoms with E-state index in [1.54, 1.807) is 0 Å². The van der Waals surface area contributed by atoms with Crippen LogP contribution in [-0.4, -0.2) is 30.0 Å². The fourth-order valence-electron chi connectivity index (χ4n) is 3.37. The molecule has 0 bridgehead atoms. The molecule has 1 aliphatic rings. The molecule has 5 nitrogen and oxygen atoms in total. The van der Waals surface area contributed by atoms with Gasteiger partial charge in [-0.1, -0.05) is 11.6 Å². The van der Waals surface area contributed by atoms with Crippen molar-refractivity contribution in [2.75, 3.05) is 17.7 Å². The van der Waals surface area contributed by atoms with Crippen LogP contribution < -0.4 is 16.0 Å². The Balaban J connectivity index is 1.51. The van der Waals surface area contributed by atoms with Crippen LogP contribution in [0.4, 0.5) is 15.9 Å². The van der Waals surface area contributed by atoms with Crippen molar-refractivity contribution in [3.63, 3.8) is 0 Å². The Morgan fingerprint density at radius 3 is 2.56 bits per heavy atom. The van der Waals surface area contributed by atoms with E-state index in [9.17, 15) is 9.18 Å². The van der Waals surface area contributed by atoms with E-state index in [0.717, 1.165) is 42.8 Å². The zero-order valence-electron chi connectivity index (χ0n) is 15.5. The second kappa shape index (κ2) is 8.57. The Bertz CT molecular complexity index is 822. The summed E-state index contributed by atoms with van der Waals surface area (Å²) in [6.07, 6.45) is 5.50. The van der Waals surface area contributed by atoms with Crippen LogP contribution in [0.5, 0.6) is 0 Å². The Labute approximate surface area is 163 Å². The molecule has 0 radical (unpaired) electrons. The van der Waals surface area contributed by atoms with Gasteiger partial charge in [0.25, 0.3) is 5.91 Å². The van der Waals surface area contributed by atoms with Gasteiger partial charge in [-0.2, -0.15) is 0 Å². The molecule has 0 spiro atoms. The van der Waals surface area contributed by atoms with Gasteiger partial charge in [0.15, 0.2) is 0 Å². The lowest BCUT2D eigenvalue weighted by molar-refractivity contribution is 0.0926. The highest BCUT2D eigenvalue weighted by Gasteiger charge is 2.23. The lowest BCUT2D eigenvalue weighted by Crippen LogP contribution is -2.40. The maximum atomic E-state index is 13.2. The summed E-state index contributed by atoms with van der Waals surface area (Å²) in [6, 6.07) is 6.48. The quantitative estimate of drug-likeness (QED) is 0.708. The summed E-state index contributed by atoms with van der Waals surface area (Å²) in [5.74, 6) is 0.122. The first-order chi connectivity index (χ1) is 13.0. The number of aryl methyl sites for hydroxylation is 1. The van der Waals surface area contributed by atoms with Crippen molar-refractivity contribution < 1.29 is 9.18 Å². The first kappa shape index (κ1) is 19.4. The van der Waals surface area contributed by atoms with Crippen molar-refractivity contribution >= 4 is 29.0 Å². The Kier molecular flexibility index (Phi) is 6.16. The van der Waals surface area contributed by atoms with Crippen LogP contribution in [-0.2, 0) is 0 Å². The van der Waals surface area contributed by atoms with E-state index in [1.807, 2.05) is 26.2 Å². The molecular weight excluding hydrogens is 367 g/mol. The largest absolute Gasteiger partial charge is 0.388 e. The van der Waals surface area contributed by atoms with Crippen LogP contribution in [0.3, 0.4) is 0 Å². The number of halogens is 2. The molecule has 1 aromatic carbocycles. The van der Waals surface area contributed by atoms with Crippen molar-refractivity contribution in [3.8, 4) is 0 Å². The molecule has 3 rings (SSSR count). The summed E-state index contributed by atoms with van der Waals surface area (Å²) in [6.45, 7) is 2.02. The van der Waals surface area contributed by atoms with E-state index >= 15 is 0 Å². The summed E-state index contributed by atoms with van der Waals surface area (Å²) in [7, 11) is 1.90. The molecule has 7 heteroatoms. The fraction of sp³-hybridized carbons (Fsp3) is 0.400. The van der Waals surface area contributed by atoms with Crippen molar-refractivity contribution in [2.24, 2.45) is 0 Å². The summed E-state index contributed by atoms with van der Waals surface area (Å²) < 4.78 is 13.2. The average molecular weight is 391 g/mol. The van der Waals surface area contributed by atoms with Crippen molar-refractivity contribution in [1.29, 1.82) is 0 Å². The lowest BCUT2D eigenvalue weighted by atomic mass is 9.91. The van der Waals surface area contributed by atoms with Crippen LogP contribution in [0.1, 0.15) is 41.6 Å². The molecule has 1 fully saturated rings. The SMILES string of the molecule is CNc1cc(NC2CCC(NC(=O)c3ccc(F)c(Cl)c3)CC2)ncc1C. The minimum Gasteiger partial charge on any atom is -0.388 e. The van der Waals surface area contributed by atoms with Crippen LogP contribution in [0.2, 0.25) is 5.02 Å². The molecule has 1 saturated carbocycles. The number of aromatic nitrogens is 1. The number of nitrogens with zero attached hydrogens (tertiary/aromatic N) is 1. The number of benzene rings is 1. The smallest absolute Gasteiger partial charge is 0.251 e. The normalized spacial score (nSPS) is 19.4. The maximum Gasteiger partial charge on any atom is 0.251 e. The highest BCUT2D eigenvalue weighted by molar-refractivity contribution is 6.31. The third-order valence-electron chi connectivity index (χ3n) is 4.97. The number of amides is 1. The molecular formula is C20H24ClFN4O. The van der Waals surface area contributed by atoms with E-state index in [-0.39, 0.29) is 17.0 Å². The first-order valence-electron chi connectivity index (χ1n) is 9.13. The molecule has 0 atom stereocenters. The van der Waals surface area contributed by atoms with Gasteiger partial charge in [-0.15, -0.1) is 0 Å². The number of carbonyl (C=O) groups excluding carboxylic acids is 1. The third-order valence-corrected chi connectivity index (χ3v) is 5.26. The van der Waals surface area contributed by atoms with E-state index < -0.39 is 5.82 Å². The van der Waals surface area contributed by atoms with Gasteiger partial charge in [-0.05, 0) is 56.4 Å². The van der Waals surface area contributed by atoms with Gasteiger partial charge in [0, 0.05) is 42.6 Å². The number of hydrogen-bond donors (Lipinski definition) is 3. The standard InChI is InChI=1S/C20H24ClFN4O/c1-12-11-24-19(10-18(12)23-2)25-14-4-6-15(7-5-14)26-20(27)13-3-8-17(22)16(21)9-13/h3,8-11,14-15H,4-7H2,1-2H3,(H,26,27)(H2,23,24,25). The second-order valence-electron chi connectivity index (χ2n) is 6.93. The lowest BCUT2D eigenvalue weighted by Gasteiger charge is -2.30. The Morgan fingerprint density at radius 1 is 1.19 bits per heavy atom. The third kappa shape index (κ3) is 4.89. The van der Waals surface area contributed by atoms with E-state index in [4.69, 9.17) is 11.6 Å². The van der Waals surface area contributed by atoms with Crippen molar-refractivity contribution in [3.05, 3.63) is 52.4 Å². The van der Waals surface area contributed by atoms with Crippen molar-refractivity contribution in [2.45, 2.75) is 44.7 Å². The van der Waals surface area contributed by atoms with E-state index in [2.05, 4.69) is 20.9 Å². The molecule has 3 N–H and O–H groups in total. The highest BCUT2D eigenvalue weighted by atomic mass is 35.5. The minimum absolute atomic E-state index is 0.0397. The Hall–Kier alpha value is -2.34. The summed E-state index contributed by atoms with van der Waals surface area (Å²) in [5, 5.41) is 9.62. The first-order valence-corrected chi connectivity index (χ1v) is 9.51. The van der Waals surface area contributed by atoms with Gasteiger partial charge in [0.1, 0.15) is 11.6 Å². The zero-order chi connectivity index (χ0) is 19.4. The van der Waals surface area contributed by atoms with Crippen LogP contribution in [0, 0.1) is 12.7 Å². The van der Waals surface area contributed by atoms with Gasteiger partial charge in [0.2, 0.25) is 0 Å². The van der Waals surface area contributed by atoms with E-state index in [0.29, 0.717) is 11.6 Å². The second-order valence-corrected chi connectivity index (χ2v) is 7.34. The monoisotopic (exact) mass is 390 g/mol. The zero-order valence-corrected chi connectivity index (χ0v) is 16.2. The number of anilines is 2. The minimum atomic E-state index is -0.522. The van der Waals surface area contributed by atoms with Gasteiger partial charge < -0.3 is 16.0 Å². The molecule has 0 saturated heterocycles. The van der Waals surface area contributed by atoms with Gasteiger partial charge in [0.05, 0.1) is 5.02 Å². The number of carbonyl (C=O) groups is 1. The van der Waals surface area contributed by atoms with Crippen LogP contribution in [0.25, 0.3) is 0 Å². The highest BCUT2D eigenvalue weighted by Crippen LogP contribution is 2.24. The molecule has 1 amide bonds. The topological polar surface area (TPSA) is 66.0 Å². The Morgan fingerprint density at radius 2 is 1.89 bits per heavy atom. The predicted molar refractivity (Wildman–Crippen MR) is 107 cm³/mol.